The summed E-state index contributed by atoms with van der Waals surface area (Å²) in [5.74, 6) is -0.0515. The Balaban J connectivity index is 1.98. The zero-order valence-corrected chi connectivity index (χ0v) is 12.1. The minimum Gasteiger partial charge on any atom is -0.466 e. The molecule has 20 heavy (non-hydrogen) atoms. The van der Waals surface area contributed by atoms with E-state index in [9.17, 15) is 9.59 Å². The van der Waals surface area contributed by atoms with Crippen molar-refractivity contribution in [3.8, 4) is 0 Å². The molecule has 2 aliphatic carbocycles. The molecular formula is C16H22O4. The minimum absolute atomic E-state index is 0.110. The van der Waals surface area contributed by atoms with Crippen molar-refractivity contribution < 1.29 is 19.1 Å². The Labute approximate surface area is 119 Å². The molecule has 0 radical (unpaired) electrons. The fourth-order valence-corrected chi connectivity index (χ4v) is 4.26. The van der Waals surface area contributed by atoms with E-state index in [1.807, 2.05) is 13.8 Å². The molecule has 0 aromatic heterocycles. The Morgan fingerprint density at radius 3 is 2.90 bits per heavy atom. The van der Waals surface area contributed by atoms with Crippen molar-refractivity contribution in [1.82, 2.24) is 0 Å². The van der Waals surface area contributed by atoms with Crippen LogP contribution in [0, 0.1) is 23.7 Å². The van der Waals surface area contributed by atoms with E-state index in [0.717, 1.165) is 24.8 Å². The summed E-state index contributed by atoms with van der Waals surface area (Å²) < 4.78 is 10.6. The second-order valence-corrected chi connectivity index (χ2v) is 6.15. The highest BCUT2D eigenvalue weighted by Crippen LogP contribution is 2.50. The van der Waals surface area contributed by atoms with Crippen LogP contribution in [0.25, 0.3) is 0 Å². The maximum atomic E-state index is 12.4. The average Bonchev–Trinajstić information content (AvgIpc) is 2.71. The maximum Gasteiger partial charge on any atom is 0.334 e. The number of hydrogen-bond donors (Lipinski definition) is 0. The first-order valence-electron chi connectivity index (χ1n) is 7.72. The third-order valence-electron chi connectivity index (χ3n) is 5.07. The van der Waals surface area contributed by atoms with Crippen molar-refractivity contribution in [2.75, 3.05) is 6.61 Å². The predicted molar refractivity (Wildman–Crippen MR) is 72.7 cm³/mol. The van der Waals surface area contributed by atoms with Crippen LogP contribution in [0.15, 0.2) is 11.6 Å². The van der Waals surface area contributed by atoms with Crippen molar-refractivity contribution in [3.05, 3.63) is 11.6 Å². The van der Waals surface area contributed by atoms with Crippen LogP contribution in [-0.4, -0.2) is 24.6 Å². The molecule has 0 N–H and O–H groups in total. The number of rotatable bonds is 2. The molecule has 0 unspecified atom stereocenters. The van der Waals surface area contributed by atoms with Crippen LogP contribution in [0.5, 0.6) is 0 Å². The standard InChI is InChI=1S/C16H22O4/c1-3-19-16(18)14-11-7-5-4-6-10(11)8-12-13(14)9(2)20-15(12)17/h8-11,13-14H,3-7H2,1-2H3/t9-,10+,11+,13-,14-/m0/s1. The van der Waals surface area contributed by atoms with Gasteiger partial charge in [-0.05, 0) is 38.5 Å². The fourth-order valence-electron chi connectivity index (χ4n) is 4.26. The van der Waals surface area contributed by atoms with Gasteiger partial charge in [0.25, 0.3) is 0 Å². The van der Waals surface area contributed by atoms with Crippen molar-refractivity contribution in [1.29, 1.82) is 0 Å². The average molecular weight is 278 g/mol. The van der Waals surface area contributed by atoms with Gasteiger partial charge in [-0.1, -0.05) is 18.9 Å². The third kappa shape index (κ3) is 2.05. The Morgan fingerprint density at radius 1 is 1.40 bits per heavy atom. The first-order valence-corrected chi connectivity index (χ1v) is 7.72. The first kappa shape index (κ1) is 13.7. The highest BCUT2D eigenvalue weighted by atomic mass is 16.6. The van der Waals surface area contributed by atoms with Gasteiger partial charge in [0.1, 0.15) is 6.10 Å². The molecule has 0 bridgehead atoms. The van der Waals surface area contributed by atoms with Gasteiger partial charge in [0.2, 0.25) is 0 Å². The maximum absolute atomic E-state index is 12.4. The number of hydrogen-bond acceptors (Lipinski definition) is 4. The van der Waals surface area contributed by atoms with Crippen LogP contribution >= 0.6 is 0 Å². The van der Waals surface area contributed by atoms with E-state index in [-0.39, 0.29) is 29.9 Å². The summed E-state index contributed by atoms with van der Waals surface area (Å²) in [6.07, 6.45) is 6.33. The molecule has 4 nitrogen and oxygen atoms in total. The normalized spacial score (nSPS) is 39.4. The molecule has 110 valence electrons. The number of esters is 2. The van der Waals surface area contributed by atoms with Gasteiger partial charge in [-0.2, -0.15) is 0 Å². The highest BCUT2D eigenvalue weighted by molar-refractivity contribution is 5.93. The Hall–Kier alpha value is -1.32. The van der Waals surface area contributed by atoms with Crippen LogP contribution in [0.1, 0.15) is 39.5 Å². The third-order valence-corrected chi connectivity index (χ3v) is 5.07. The van der Waals surface area contributed by atoms with Crippen molar-refractivity contribution in [2.45, 2.75) is 45.6 Å². The van der Waals surface area contributed by atoms with Crippen LogP contribution in [-0.2, 0) is 19.1 Å². The summed E-state index contributed by atoms with van der Waals surface area (Å²) in [7, 11) is 0. The lowest BCUT2D eigenvalue weighted by molar-refractivity contribution is -0.155. The van der Waals surface area contributed by atoms with Gasteiger partial charge < -0.3 is 9.47 Å². The Kier molecular flexibility index (Phi) is 3.57. The van der Waals surface area contributed by atoms with Crippen molar-refractivity contribution >= 4 is 11.9 Å². The zero-order chi connectivity index (χ0) is 14.3. The summed E-state index contributed by atoms with van der Waals surface area (Å²) in [6, 6.07) is 0. The number of carbonyl (C=O) groups is 2. The molecule has 3 rings (SSSR count). The van der Waals surface area contributed by atoms with E-state index in [4.69, 9.17) is 9.47 Å². The molecule has 0 amide bonds. The predicted octanol–water partition coefficient (Wildman–Crippen LogP) is 2.47. The fraction of sp³-hybridized carbons (Fsp3) is 0.750. The zero-order valence-electron chi connectivity index (χ0n) is 12.1. The molecule has 0 aromatic rings. The smallest absolute Gasteiger partial charge is 0.334 e. The van der Waals surface area contributed by atoms with E-state index in [1.165, 1.54) is 6.42 Å². The Bertz CT molecular complexity index is 453. The first-order chi connectivity index (χ1) is 9.63. The van der Waals surface area contributed by atoms with Crippen LogP contribution in [0.4, 0.5) is 0 Å². The van der Waals surface area contributed by atoms with Gasteiger partial charge in [-0.25, -0.2) is 4.79 Å². The number of carbonyl (C=O) groups excluding carboxylic acids is 2. The molecule has 4 heteroatoms. The number of cyclic esters (lactones) is 1. The van der Waals surface area contributed by atoms with Gasteiger partial charge >= 0.3 is 11.9 Å². The van der Waals surface area contributed by atoms with Crippen LogP contribution in [0.3, 0.4) is 0 Å². The molecule has 5 atom stereocenters. The lowest BCUT2D eigenvalue weighted by Crippen LogP contribution is -2.43. The summed E-state index contributed by atoms with van der Waals surface area (Å²) >= 11 is 0. The molecule has 0 spiro atoms. The number of allylic oxidation sites excluding steroid dienone is 1. The van der Waals surface area contributed by atoms with Gasteiger partial charge in [0.05, 0.1) is 12.5 Å². The molecule has 2 fully saturated rings. The summed E-state index contributed by atoms with van der Waals surface area (Å²) in [4.78, 5) is 24.4. The van der Waals surface area contributed by atoms with Gasteiger partial charge in [0.15, 0.2) is 0 Å². The van der Waals surface area contributed by atoms with E-state index in [2.05, 4.69) is 6.08 Å². The van der Waals surface area contributed by atoms with Crippen LogP contribution < -0.4 is 0 Å². The van der Waals surface area contributed by atoms with Gasteiger partial charge in [-0.3, -0.25) is 4.79 Å². The quantitative estimate of drug-likeness (QED) is 0.728. The molecule has 1 saturated carbocycles. The number of fused-ring (bicyclic) bond motifs is 2. The number of ether oxygens (including phenoxy) is 2. The molecule has 1 saturated heterocycles. The lowest BCUT2D eigenvalue weighted by Gasteiger charge is -2.41. The SMILES string of the molecule is CCOC(=O)[C@H]1[C@@H]2CCCC[C@@H]2C=C2C(=O)O[C@@H](C)[C@@H]21. The van der Waals surface area contributed by atoms with Gasteiger partial charge in [-0.15, -0.1) is 0 Å². The van der Waals surface area contributed by atoms with Crippen LogP contribution in [0.2, 0.25) is 0 Å². The largest absolute Gasteiger partial charge is 0.466 e. The summed E-state index contributed by atoms with van der Waals surface area (Å²) in [5, 5.41) is 0. The Morgan fingerprint density at radius 2 is 2.15 bits per heavy atom. The van der Waals surface area contributed by atoms with E-state index in [1.54, 1.807) is 0 Å². The summed E-state index contributed by atoms with van der Waals surface area (Å²) in [6.45, 7) is 4.11. The molecule has 1 heterocycles. The van der Waals surface area contributed by atoms with Crippen molar-refractivity contribution in [2.24, 2.45) is 23.7 Å². The highest BCUT2D eigenvalue weighted by Gasteiger charge is 2.53. The van der Waals surface area contributed by atoms with Crippen molar-refractivity contribution in [3.63, 3.8) is 0 Å². The van der Waals surface area contributed by atoms with E-state index >= 15 is 0 Å². The molecular weight excluding hydrogens is 256 g/mol. The topological polar surface area (TPSA) is 52.6 Å². The van der Waals surface area contributed by atoms with E-state index in [0.29, 0.717) is 18.4 Å². The second-order valence-electron chi connectivity index (χ2n) is 6.15. The monoisotopic (exact) mass is 278 g/mol. The van der Waals surface area contributed by atoms with E-state index < -0.39 is 0 Å². The molecule has 1 aliphatic heterocycles. The molecule has 0 aromatic carbocycles. The minimum atomic E-state index is -0.235. The second kappa shape index (κ2) is 5.23. The summed E-state index contributed by atoms with van der Waals surface area (Å²) in [5.41, 5.74) is 0.721. The lowest BCUT2D eigenvalue weighted by atomic mass is 9.62. The molecule has 3 aliphatic rings. The van der Waals surface area contributed by atoms with Gasteiger partial charge in [0, 0.05) is 11.5 Å².